The van der Waals surface area contributed by atoms with Crippen LogP contribution in [-0.4, -0.2) is 53.8 Å². The van der Waals surface area contributed by atoms with E-state index < -0.39 is 11.5 Å². The number of carbonyl (C=O) groups is 2. The molecule has 1 saturated heterocycles. The Morgan fingerprint density at radius 2 is 2.15 bits per heavy atom. The highest BCUT2D eigenvalue weighted by Crippen LogP contribution is 2.29. The lowest BCUT2D eigenvalue weighted by Gasteiger charge is -2.41. The highest BCUT2D eigenvalue weighted by atomic mass is 16.5. The van der Waals surface area contributed by atoms with Crippen molar-refractivity contribution in [1.29, 1.82) is 0 Å². The quantitative estimate of drug-likeness (QED) is 0.724. The normalized spacial score (nSPS) is 26.4. The second kappa shape index (κ2) is 6.43. The number of nitrogens with one attached hydrogen (secondary N) is 1. The number of hydrogen-bond donors (Lipinski definition) is 2. The highest BCUT2D eigenvalue weighted by Gasteiger charge is 2.43. The van der Waals surface area contributed by atoms with E-state index >= 15 is 0 Å². The van der Waals surface area contributed by atoms with Gasteiger partial charge in [-0.15, -0.1) is 0 Å². The SMILES string of the molecule is CC1(C(=O)O)CCCCN1C(=O)NCCOCC1CC1. The van der Waals surface area contributed by atoms with Crippen LogP contribution < -0.4 is 5.32 Å². The number of nitrogens with zero attached hydrogens (tertiary/aromatic N) is 1. The van der Waals surface area contributed by atoms with Crippen LogP contribution in [0.1, 0.15) is 39.0 Å². The predicted octanol–water partition coefficient (Wildman–Crippen LogP) is 1.45. The summed E-state index contributed by atoms with van der Waals surface area (Å²) in [7, 11) is 0. The van der Waals surface area contributed by atoms with Crippen LogP contribution in [0.3, 0.4) is 0 Å². The van der Waals surface area contributed by atoms with Gasteiger partial charge in [-0.2, -0.15) is 0 Å². The molecule has 0 aromatic rings. The molecule has 1 atom stereocenters. The number of amides is 2. The van der Waals surface area contributed by atoms with Crippen LogP contribution in [0.4, 0.5) is 4.79 Å². The number of carbonyl (C=O) groups excluding carboxylic acids is 1. The predicted molar refractivity (Wildman–Crippen MR) is 73.5 cm³/mol. The van der Waals surface area contributed by atoms with E-state index in [0.717, 1.165) is 19.4 Å². The van der Waals surface area contributed by atoms with Gasteiger partial charge < -0.3 is 20.1 Å². The Labute approximate surface area is 119 Å². The maximum atomic E-state index is 12.1. The van der Waals surface area contributed by atoms with Crippen LogP contribution in [0, 0.1) is 5.92 Å². The first-order valence-corrected chi connectivity index (χ1v) is 7.40. The zero-order valence-corrected chi connectivity index (χ0v) is 12.1. The maximum absolute atomic E-state index is 12.1. The fourth-order valence-electron chi connectivity index (χ4n) is 2.53. The maximum Gasteiger partial charge on any atom is 0.329 e. The molecule has 1 saturated carbocycles. The van der Waals surface area contributed by atoms with Gasteiger partial charge in [-0.1, -0.05) is 0 Å². The van der Waals surface area contributed by atoms with E-state index in [2.05, 4.69) is 5.32 Å². The molecule has 1 aliphatic carbocycles. The summed E-state index contributed by atoms with van der Waals surface area (Å²) in [5.74, 6) is -0.222. The average Bonchev–Trinajstić information content (AvgIpc) is 3.22. The molecular formula is C14H24N2O4. The molecule has 0 aromatic heterocycles. The second-order valence-electron chi connectivity index (χ2n) is 5.94. The molecule has 114 valence electrons. The van der Waals surface area contributed by atoms with E-state index in [1.54, 1.807) is 6.92 Å². The van der Waals surface area contributed by atoms with Crippen LogP contribution in [0.5, 0.6) is 0 Å². The van der Waals surface area contributed by atoms with Gasteiger partial charge in [0.15, 0.2) is 0 Å². The molecule has 20 heavy (non-hydrogen) atoms. The number of likely N-dealkylation sites (tertiary alicyclic amines) is 1. The third-order valence-electron chi connectivity index (χ3n) is 4.17. The highest BCUT2D eigenvalue weighted by molar-refractivity contribution is 5.86. The van der Waals surface area contributed by atoms with E-state index in [1.807, 2.05) is 0 Å². The largest absolute Gasteiger partial charge is 0.480 e. The summed E-state index contributed by atoms with van der Waals surface area (Å²) in [6, 6.07) is -0.301. The fourth-order valence-corrected chi connectivity index (χ4v) is 2.53. The van der Waals surface area contributed by atoms with E-state index in [9.17, 15) is 14.7 Å². The molecule has 1 heterocycles. The first-order valence-electron chi connectivity index (χ1n) is 7.40. The van der Waals surface area contributed by atoms with Crippen molar-refractivity contribution >= 4 is 12.0 Å². The monoisotopic (exact) mass is 284 g/mol. The van der Waals surface area contributed by atoms with Crippen molar-refractivity contribution in [2.45, 2.75) is 44.6 Å². The minimum atomic E-state index is -1.09. The van der Waals surface area contributed by atoms with Gasteiger partial charge in [0, 0.05) is 19.7 Å². The van der Waals surface area contributed by atoms with Crippen LogP contribution in [-0.2, 0) is 9.53 Å². The summed E-state index contributed by atoms with van der Waals surface area (Å²) >= 11 is 0. The van der Waals surface area contributed by atoms with Crippen LogP contribution in [0.2, 0.25) is 0 Å². The first kappa shape index (κ1) is 15.1. The minimum Gasteiger partial charge on any atom is -0.480 e. The lowest BCUT2D eigenvalue weighted by Crippen LogP contribution is -2.60. The zero-order valence-electron chi connectivity index (χ0n) is 12.1. The van der Waals surface area contributed by atoms with Gasteiger partial charge in [-0.3, -0.25) is 0 Å². The lowest BCUT2D eigenvalue weighted by atomic mass is 9.89. The van der Waals surface area contributed by atoms with Crippen molar-refractivity contribution < 1.29 is 19.4 Å². The van der Waals surface area contributed by atoms with Crippen molar-refractivity contribution in [3.8, 4) is 0 Å². The lowest BCUT2D eigenvalue weighted by molar-refractivity contribution is -0.150. The van der Waals surface area contributed by atoms with Crippen LogP contribution in [0.15, 0.2) is 0 Å². The van der Waals surface area contributed by atoms with Gasteiger partial charge in [0.25, 0.3) is 0 Å². The van der Waals surface area contributed by atoms with E-state index in [4.69, 9.17) is 4.74 Å². The molecule has 6 nitrogen and oxygen atoms in total. The Balaban J connectivity index is 1.75. The molecule has 2 aliphatic rings. The number of piperidine rings is 1. The molecule has 1 unspecified atom stereocenters. The molecule has 2 amide bonds. The summed E-state index contributed by atoms with van der Waals surface area (Å²) in [4.78, 5) is 25.0. The summed E-state index contributed by atoms with van der Waals surface area (Å²) in [6.07, 6.45) is 4.70. The molecule has 2 rings (SSSR count). The molecule has 0 bridgehead atoms. The first-order chi connectivity index (χ1) is 9.54. The molecule has 0 aromatic carbocycles. The molecule has 2 N–H and O–H groups in total. The topological polar surface area (TPSA) is 78.9 Å². The number of carboxylic acids is 1. The van der Waals surface area contributed by atoms with Crippen molar-refractivity contribution in [2.75, 3.05) is 26.3 Å². The number of ether oxygens (including phenoxy) is 1. The van der Waals surface area contributed by atoms with Gasteiger partial charge in [0.05, 0.1) is 6.61 Å². The number of rotatable bonds is 6. The van der Waals surface area contributed by atoms with E-state index in [-0.39, 0.29) is 6.03 Å². The van der Waals surface area contributed by atoms with Crippen LogP contribution in [0.25, 0.3) is 0 Å². The van der Waals surface area contributed by atoms with Crippen molar-refractivity contribution in [1.82, 2.24) is 10.2 Å². The van der Waals surface area contributed by atoms with Gasteiger partial charge in [-0.05, 0) is 44.9 Å². The molecule has 0 spiro atoms. The Morgan fingerprint density at radius 3 is 2.80 bits per heavy atom. The second-order valence-corrected chi connectivity index (χ2v) is 5.94. The average molecular weight is 284 g/mol. The fraction of sp³-hybridized carbons (Fsp3) is 0.857. The summed E-state index contributed by atoms with van der Waals surface area (Å²) in [5, 5.41) is 12.1. The minimum absolute atomic E-state index is 0.301. The Hall–Kier alpha value is -1.30. The smallest absolute Gasteiger partial charge is 0.329 e. The van der Waals surface area contributed by atoms with Gasteiger partial charge in [0.2, 0.25) is 0 Å². The van der Waals surface area contributed by atoms with E-state index in [1.165, 1.54) is 17.7 Å². The van der Waals surface area contributed by atoms with Crippen molar-refractivity contribution in [3.63, 3.8) is 0 Å². The van der Waals surface area contributed by atoms with Gasteiger partial charge in [-0.25, -0.2) is 9.59 Å². The summed E-state index contributed by atoms with van der Waals surface area (Å²) in [5.41, 5.74) is -1.09. The standard InChI is InChI=1S/C14H24N2O4/c1-14(12(17)18)6-2-3-8-16(14)13(19)15-7-9-20-10-11-4-5-11/h11H,2-10H2,1H3,(H,15,19)(H,17,18). The van der Waals surface area contributed by atoms with Gasteiger partial charge in [0.1, 0.15) is 5.54 Å². The third kappa shape index (κ3) is 3.62. The Morgan fingerprint density at radius 1 is 1.40 bits per heavy atom. The molecule has 2 fully saturated rings. The number of hydrogen-bond acceptors (Lipinski definition) is 3. The molecule has 1 aliphatic heterocycles. The number of urea groups is 1. The van der Waals surface area contributed by atoms with Crippen molar-refractivity contribution in [3.05, 3.63) is 0 Å². The summed E-state index contributed by atoms with van der Waals surface area (Å²) in [6.45, 7) is 3.80. The summed E-state index contributed by atoms with van der Waals surface area (Å²) < 4.78 is 5.45. The third-order valence-corrected chi connectivity index (χ3v) is 4.17. The zero-order chi connectivity index (χ0) is 14.6. The molecular weight excluding hydrogens is 260 g/mol. The van der Waals surface area contributed by atoms with E-state index in [0.29, 0.717) is 32.0 Å². The Kier molecular flexibility index (Phi) is 4.86. The molecule has 6 heteroatoms. The number of aliphatic carboxylic acids is 1. The number of carboxylic acid groups (broad SMARTS) is 1. The van der Waals surface area contributed by atoms with Crippen LogP contribution >= 0.6 is 0 Å². The Bertz CT molecular complexity index is 370. The van der Waals surface area contributed by atoms with Gasteiger partial charge >= 0.3 is 12.0 Å². The van der Waals surface area contributed by atoms with Crippen molar-refractivity contribution in [2.24, 2.45) is 5.92 Å². The molecule has 0 radical (unpaired) electrons.